The van der Waals surface area contributed by atoms with E-state index in [2.05, 4.69) is 17.3 Å². The van der Waals surface area contributed by atoms with Gasteiger partial charge in [-0.25, -0.2) is 0 Å². The lowest BCUT2D eigenvalue weighted by molar-refractivity contribution is -0.143. The first-order valence-corrected chi connectivity index (χ1v) is 6.61. The molecule has 1 aliphatic carbocycles. The fraction of sp³-hybridized carbons (Fsp3) is 0.692. The van der Waals surface area contributed by atoms with Crippen LogP contribution in [0.25, 0.3) is 0 Å². The van der Waals surface area contributed by atoms with Crippen molar-refractivity contribution in [3.05, 3.63) is 18.5 Å². The minimum atomic E-state index is -0.652. The molecule has 1 aliphatic rings. The largest absolute Gasteiger partial charge is 0.481 e. The molecule has 0 saturated heterocycles. The standard InChI is InChI=1S/C13H21N3O2/c1-10(9-16-7-3-6-14-16)15-12-5-2-4-11(8-12)13(17)18/h3,6-7,10-12,15H,2,4-5,8-9H2,1H3,(H,17,18). The van der Waals surface area contributed by atoms with Crippen molar-refractivity contribution < 1.29 is 9.90 Å². The molecule has 0 spiro atoms. The van der Waals surface area contributed by atoms with E-state index in [1.165, 1.54) is 0 Å². The number of carboxylic acids is 1. The first-order chi connectivity index (χ1) is 8.65. The number of aliphatic carboxylic acids is 1. The Hall–Kier alpha value is -1.36. The summed E-state index contributed by atoms with van der Waals surface area (Å²) in [5.41, 5.74) is 0. The van der Waals surface area contributed by atoms with Crippen molar-refractivity contribution in [3.63, 3.8) is 0 Å². The molecule has 2 rings (SSSR count). The number of nitrogens with zero attached hydrogens (tertiary/aromatic N) is 2. The van der Waals surface area contributed by atoms with Gasteiger partial charge in [0.15, 0.2) is 0 Å². The lowest BCUT2D eigenvalue weighted by Crippen LogP contribution is -2.42. The Balaban J connectivity index is 1.79. The molecule has 18 heavy (non-hydrogen) atoms. The maximum atomic E-state index is 11.0. The average molecular weight is 251 g/mol. The van der Waals surface area contributed by atoms with Gasteiger partial charge >= 0.3 is 5.97 Å². The summed E-state index contributed by atoms with van der Waals surface area (Å²) in [6, 6.07) is 2.54. The maximum absolute atomic E-state index is 11.0. The van der Waals surface area contributed by atoms with Crippen molar-refractivity contribution in [1.82, 2.24) is 15.1 Å². The van der Waals surface area contributed by atoms with E-state index in [0.29, 0.717) is 12.1 Å². The predicted octanol–water partition coefficient (Wildman–Crippen LogP) is 1.50. The van der Waals surface area contributed by atoms with Gasteiger partial charge in [-0.2, -0.15) is 5.10 Å². The third-order valence-corrected chi connectivity index (χ3v) is 3.56. The predicted molar refractivity (Wildman–Crippen MR) is 68.2 cm³/mol. The van der Waals surface area contributed by atoms with Crippen LogP contribution in [0.2, 0.25) is 0 Å². The molecular weight excluding hydrogens is 230 g/mol. The van der Waals surface area contributed by atoms with Crippen molar-refractivity contribution >= 4 is 5.97 Å². The van der Waals surface area contributed by atoms with Crippen molar-refractivity contribution in [2.24, 2.45) is 5.92 Å². The van der Waals surface area contributed by atoms with Crippen LogP contribution in [0, 0.1) is 5.92 Å². The Morgan fingerprint density at radius 3 is 3.11 bits per heavy atom. The lowest BCUT2D eigenvalue weighted by atomic mass is 9.85. The molecule has 1 heterocycles. The Labute approximate surface area is 107 Å². The van der Waals surface area contributed by atoms with Gasteiger partial charge in [0.2, 0.25) is 0 Å². The normalized spacial score (nSPS) is 25.8. The summed E-state index contributed by atoms with van der Waals surface area (Å²) < 4.78 is 1.90. The average Bonchev–Trinajstić information content (AvgIpc) is 2.82. The molecule has 1 fully saturated rings. The molecule has 2 N–H and O–H groups in total. The number of carbonyl (C=O) groups is 1. The highest BCUT2D eigenvalue weighted by molar-refractivity contribution is 5.70. The van der Waals surface area contributed by atoms with E-state index in [9.17, 15) is 4.79 Å². The number of carboxylic acid groups (broad SMARTS) is 1. The zero-order valence-corrected chi connectivity index (χ0v) is 10.7. The third-order valence-electron chi connectivity index (χ3n) is 3.56. The molecule has 3 atom stereocenters. The second kappa shape index (κ2) is 6.00. The van der Waals surface area contributed by atoms with E-state index < -0.39 is 5.97 Å². The fourth-order valence-electron chi connectivity index (χ4n) is 2.71. The number of hydrogen-bond acceptors (Lipinski definition) is 3. The maximum Gasteiger partial charge on any atom is 0.306 e. The first kappa shape index (κ1) is 13.1. The summed E-state index contributed by atoms with van der Waals surface area (Å²) in [7, 11) is 0. The molecule has 3 unspecified atom stereocenters. The van der Waals surface area contributed by atoms with Gasteiger partial charge in [-0.3, -0.25) is 9.48 Å². The van der Waals surface area contributed by atoms with Crippen molar-refractivity contribution in [3.8, 4) is 0 Å². The highest BCUT2D eigenvalue weighted by Crippen LogP contribution is 2.24. The van der Waals surface area contributed by atoms with E-state index in [0.717, 1.165) is 32.2 Å². The van der Waals surface area contributed by atoms with E-state index in [1.54, 1.807) is 6.20 Å². The van der Waals surface area contributed by atoms with Gasteiger partial charge in [0.05, 0.1) is 12.5 Å². The summed E-state index contributed by atoms with van der Waals surface area (Å²) in [6.07, 6.45) is 7.36. The fourth-order valence-corrected chi connectivity index (χ4v) is 2.71. The summed E-state index contributed by atoms with van der Waals surface area (Å²) >= 11 is 0. The van der Waals surface area contributed by atoms with Gasteiger partial charge in [0, 0.05) is 24.5 Å². The monoisotopic (exact) mass is 251 g/mol. The summed E-state index contributed by atoms with van der Waals surface area (Å²) in [4.78, 5) is 11.0. The number of rotatable bonds is 5. The van der Waals surface area contributed by atoms with Crippen LogP contribution in [0.1, 0.15) is 32.6 Å². The molecule has 100 valence electrons. The molecule has 0 bridgehead atoms. The molecule has 5 heteroatoms. The Morgan fingerprint density at radius 2 is 2.44 bits per heavy atom. The van der Waals surface area contributed by atoms with E-state index in [1.807, 2.05) is 16.9 Å². The van der Waals surface area contributed by atoms with Gasteiger partial charge in [-0.15, -0.1) is 0 Å². The van der Waals surface area contributed by atoms with Crippen LogP contribution in [0.15, 0.2) is 18.5 Å². The van der Waals surface area contributed by atoms with E-state index in [-0.39, 0.29) is 5.92 Å². The zero-order chi connectivity index (χ0) is 13.0. The van der Waals surface area contributed by atoms with Crippen molar-refractivity contribution in [1.29, 1.82) is 0 Å². The van der Waals surface area contributed by atoms with E-state index in [4.69, 9.17) is 5.11 Å². The molecule has 0 amide bonds. The van der Waals surface area contributed by atoms with Gasteiger partial charge in [0.1, 0.15) is 0 Å². The smallest absolute Gasteiger partial charge is 0.306 e. The molecule has 0 aromatic carbocycles. The van der Waals surface area contributed by atoms with Gasteiger partial charge in [0.25, 0.3) is 0 Å². The first-order valence-electron chi connectivity index (χ1n) is 6.61. The highest BCUT2D eigenvalue weighted by Gasteiger charge is 2.27. The summed E-state index contributed by atoms with van der Waals surface area (Å²) in [6.45, 7) is 2.94. The van der Waals surface area contributed by atoms with Crippen LogP contribution in [-0.4, -0.2) is 32.9 Å². The Kier molecular flexibility index (Phi) is 4.36. The SMILES string of the molecule is CC(Cn1cccn1)NC1CCCC(C(=O)O)C1. The molecule has 0 radical (unpaired) electrons. The van der Waals surface area contributed by atoms with Crippen LogP contribution in [0.4, 0.5) is 0 Å². The Morgan fingerprint density at radius 1 is 1.61 bits per heavy atom. The lowest BCUT2D eigenvalue weighted by Gasteiger charge is -2.30. The number of hydrogen-bond donors (Lipinski definition) is 2. The van der Waals surface area contributed by atoms with Crippen LogP contribution in [0.3, 0.4) is 0 Å². The topological polar surface area (TPSA) is 67.2 Å². The van der Waals surface area contributed by atoms with Gasteiger partial charge < -0.3 is 10.4 Å². The summed E-state index contributed by atoms with van der Waals surface area (Å²) in [5.74, 6) is -0.825. The second-order valence-electron chi connectivity index (χ2n) is 5.19. The zero-order valence-electron chi connectivity index (χ0n) is 10.7. The van der Waals surface area contributed by atoms with Crippen LogP contribution < -0.4 is 5.32 Å². The molecule has 5 nitrogen and oxygen atoms in total. The van der Waals surface area contributed by atoms with E-state index >= 15 is 0 Å². The van der Waals surface area contributed by atoms with Crippen molar-refractivity contribution in [2.45, 2.75) is 51.2 Å². The second-order valence-corrected chi connectivity index (χ2v) is 5.19. The molecule has 1 aromatic rings. The Bertz CT molecular complexity index is 378. The number of nitrogens with one attached hydrogen (secondary N) is 1. The molecular formula is C13H21N3O2. The molecule has 1 aromatic heterocycles. The van der Waals surface area contributed by atoms with Crippen molar-refractivity contribution in [2.75, 3.05) is 0 Å². The summed E-state index contributed by atoms with van der Waals surface area (Å²) in [5, 5.41) is 16.7. The molecule has 0 aliphatic heterocycles. The minimum absolute atomic E-state index is 0.173. The quantitative estimate of drug-likeness (QED) is 0.832. The van der Waals surface area contributed by atoms with Crippen LogP contribution >= 0.6 is 0 Å². The van der Waals surface area contributed by atoms with Gasteiger partial charge in [-0.05, 0) is 32.3 Å². The van der Waals surface area contributed by atoms with Crippen LogP contribution in [-0.2, 0) is 11.3 Å². The van der Waals surface area contributed by atoms with Gasteiger partial charge in [-0.1, -0.05) is 6.42 Å². The minimum Gasteiger partial charge on any atom is -0.481 e. The third kappa shape index (κ3) is 3.57. The highest BCUT2D eigenvalue weighted by atomic mass is 16.4. The number of aromatic nitrogens is 2. The van der Waals surface area contributed by atoms with Crippen LogP contribution in [0.5, 0.6) is 0 Å². The molecule has 1 saturated carbocycles.